The molecule has 0 bridgehead atoms. The topological polar surface area (TPSA) is 80.8 Å². The second-order valence-corrected chi connectivity index (χ2v) is 7.34. The molecule has 0 unspecified atom stereocenters. The summed E-state index contributed by atoms with van der Waals surface area (Å²) in [6, 6.07) is 5.23. The molecule has 150 valence electrons. The van der Waals surface area contributed by atoms with Crippen LogP contribution in [0.1, 0.15) is 37.0 Å². The van der Waals surface area contributed by atoms with Crippen LogP contribution in [-0.2, 0) is 4.79 Å². The maximum absolute atomic E-state index is 13.0. The Labute approximate surface area is 168 Å². The highest BCUT2D eigenvalue weighted by Crippen LogP contribution is 2.30. The van der Waals surface area contributed by atoms with Crippen LogP contribution >= 0.6 is 11.3 Å². The summed E-state index contributed by atoms with van der Waals surface area (Å²) in [4.78, 5) is 31.3. The molecule has 1 aromatic carbocycles. The minimum atomic E-state index is -0.240. The largest absolute Gasteiger partial charge is 0.490 e. The minimum Gasteiger partial charge on any atom is -0.490 e. The number of likely N-dealkylation sites (tertiary alicyclic amines) is 1. The summed E-state index contributed by atoms with van der Waals surface area (Å²) < 4.78 is 11.2. The second-order valence-electron chi connectivity index (χ2n) is 6.44. The van der Waals surface area contributed by atoms with Gasteiger partial charge in [-0.3, -0.25) is 9.59 Å². The van der Waals surface area contributed by atoms with Gasteiger partial charge in [-0.1, -0.05) is 0 Å². The normalized spacial score (nSPS) is 16.5. The number of hydrogen-bond donors (Lipinski definition) is 1. The van der Waals surface area contributed by atoms with Crippen LogP contribution in [0, 0.1) is 5.92 Å². The van der Waals surface area contributed by atoms with Crippen LogP contribution in [0.3, 0.4) is 0 Å². The molecule has 2 amide bonds. The quantitative estimate of drug-likeness (QED) is 0.766. The molecule has 0 saturated carbocycles. The van der Waals surface area contributed by atoms with Crippen molar-refractivity contribution in [2.45, 2.75) is 26.7 Å². The van der Waals surface area contributed by atoms with Gasteiger partial charge in [-0.05, 0) is 44.9 Å². The molecule has 2 aromatic rings. The zero-order valence-electron chi connectivity index (χ0n) is 16.1. The molecule has 0 radical (unpaired) electrons. The highest BCUT2D eigenvalue weighted by atomic mass is 32.1. The first-order valence-corrected chi connectivity index (χ1v) is 10.4. The van der Waals surface area contributed by atoms with Gasteiger partial charge in [-0.2, -0.15) is 0 Å². The number of aromatic nitrogens is 1. The van der Waals surface area contributed by atoms with Crippen molar-refractivity contribution < 1.29 is 19.1 Å². The first-order valence-electron chi connectivity index (χ1n) is 9.51. The van der Waals surface area contributed by atoms with E-state index >= 15 is 0 Å². The van der Waals surface area contributed by atoms with Gasteiger partial charge in [0, 0.05) is 30.2 Å². The summed E-state index contributed by atoms with van der Waals surface area (Å²) in [5.74, 6) is 0.756. The fourth-order valence-corrected chi connectivity index (χ4v) is 3.77. The van der Waals surface area contributed by atoms with Crippen LogP contribution in [-0.4, -0.2) is 48.0 Å². The Bertz CT molecular complexity index is 810. The predicted octanol–water partition coefficient (Wildman–Crippen LogP) is 3.43. The SMILES string of the molecule is CCOc1ccc(C(=O)N2CCC[C@@H](C(=O)Nc3nccs3)C2)cc1OCC. The monoisotopic (exact) mass is 403 g/mol. The fraction of sp³-hybridized carbons (Fsp3) is 0.450. The van der Waals surface area contributed by atoms with E-state index in [2.05, 4.69) is 10.3 Å². The number of amides is 2. The third-order valence-corrected chi connectivity index (χ3v) is 5.22. The van der Waals surface area contributed by atoms with E-state index in [0.29, 0.717) is 48.5 Å². The maximum Gasteiger partial charge on any atom is 0.254 e. The van der Waals surface area contributed by atoms with Gasteiger partial charge in [-0.15, -0.1) is 11.3 Å². The number of thiazole rings is 1. The van der Waals surface area contributed by atoms with Gasteiger partial charge in [0.05, 0.1) is 19.1 Å². The smallest absolute Gasteiger partial charge is 0.254 e. The van der Waals surface area contributed by atoms with Gasteiger partial charge in [0.15, 0.2) is 16.6 Å². The molecule has 1 saturated heterocycles. The Hall–Kier alpha value is -2.61. The van der Waals surface area contributed by atoms with E-state index in [1.165, 1.54) is 11.3 Å². The zero-order valence-corrected chi connectivity index (χ0v) is 17.0. The summed E-state index contributed by atoms with van der Waals surface area (Å²) >= 11 is 1.38. The molecule has 1 aromatic heterocycles. The Kier molecular flexibility index (Phi) is 6.86. The fourth-order valence-electron chi connectivity index (χ4n) is 3.23. The van der Waals surface area contributed by atoms with E-state index in [0.717, 1.165) is 12.8 Å². The molecule has 1 aliphatic heterocycles. The highest BCUT2D eigenvalue weighted by molar-refractivity contribution is 7.13. The molecule has 0 aliphatic carbocycles. The number of piperidine rings is 1. The van der Waals surface area contributed by atoms with E-state index in [1.54, 1.807) is 29.3 Å². The van der Waals surface area contributed by atoms with Gasteiger partial charge in [0.25, 0.3) is 5.91 Å². The number of hydrogen-bond acceptors (Lipinski definition) is 6. The number of carbonyl (C=O) groups excluding carboxylic acids is 2. The van der Waals surface area contributed by atoms with Gasteiger partial charge in [-0.25, -0.2) is 4.98 Å². The zero-order chi connectivity index (χ0) is 19.9. The third kappa shape index (κ3) is 4.81. The van der Waals surface area contributed by atoms with Crippen LogP contribution in [0.15, 0.2) is 29.8 Å². The van der Waals surface area contributed by atoms with E-state index in [4.69, 9.17) is 9.47 Å². The number of ether oxygens (including phenoxy) is 2. The summed E-state index contributed by atoms with van der Waals surface area (Å²) in [6.45, 7) is 5.83. The summed E-state index contributed by atoms with van der Waals surface area (Å²) in [5, 5.41) is 5.23. The van der Waals surface area contributed by atoms with Crippen LogP contribution < -0.4 is 14.8 Å². The van der Waals surface area contributed by atoms with Crippen molar-refractivity contribution >= 4 is 28.3 Å². The Balaban J connectivity index is 1.69. The van der Waals surface area contributed by atoms with Crippen molar-refractivity contribution in [3.63, 3.8) is 0 Å². The van der Waals surface area contributed by atoms with E-state index < -0.39 is 0 Å². The van der Waals surface area contributed by atoms with Gasteiger partial charge < -0.3 is 19.7 Å². The summed E-state index contributed by atoms with van der Waals surface area (Å²) in [5.41, 5.74) is 0.535. The second kappa shape index (κ2) is 9.54. The van der Waals surface area contributed by atoms with Crippen LogP contribution in [0.5, 0.6) is 11.5 Å². The summed E-state index contributed by atoms with van der Waals surface area (Å²) in [6.07, 6.45) is 3.20. The molecular formula is C20H25N3O4S. The van der Waals surface area contributed by atoms with E-state index in [1.807, 2.05) is 19.2 Å². The molecule has 1 aliphatic rings. The molecule has 3 rings (SSSR count). The van der Waals surface area contributed by atoms with Gasteiger partial charge in [0.2, 0.25) is 5.91 Å². The Morgan fingerprint density at radius 2 is 2.04 bits per heavy atom. The van der Waals surface area contributed by atoms with Crippen molar-refractivity contribution in [1.82, 2.24) is 9.88 Å². The van der Waals surface area contributed by atoms with Gasteiger partial charge in [0.1, 0.15) is 0 Å². The highest BCUT2D eigenvalue weighted by Gasteiger charge is 2.29. The first-order chi connectivity index (χ1) is 13.6. The standard InChI is InChI=1S/C20H25N3O4S/c1-3-26-16-8-7-14(12-17(16)27-4-2)19(25)23-10-5-6-15(13-23)18(24)22-20-21-9-11-28-20/h7-9,11-12,15H,3-6,10,13H2,1-2H3,(H,21,22,24)/t15-/m1/s1. The van der Waals surface area contributed by atoms with Crippen molar-refractivity contribution in [2.24, 2.45) is 5.92 Å². The molecule has 1 N–H and O–H groups in total. The van der Waals surface area contributed by atoms with Crippen LogP contribution in [0.2, 0.25) is 0 Å². The molecule has 7 nitrogen and oxygen atoms in total. The van der Waals surface area contributed by atoms with E-state index in [9.17, 15) is 9.59 Å². The van der Waals surface area contributed by atoms with Crippen molar-refractivity contribution in [3.05, 3.63) is 35.3 Å². The predicted molar refractivity (Wildman–Crippen MR) is 108 cm³/mol. The van der Waals surface area contributed by atoms with Crippen LogP contribution in [0.4, 0.5) is 5.13 Å². The molecular weight excluding hydrogens is 378 g/mol. The lowest BCUT2D eigenvalue weighted by Gasteiger charge is -2.32. The van der Waals surface area contributed by atoms with Gasteiger partial charge >= 0.3 is 0 Å². The first kappa shape index (κ1) is 20.1. The molecule has 28 heavy (non-hydrogen) atoms. The number of rotatable bonds is 7. The van der Waals surface area contributed by atoms with Crippen molar-refractivity contribution in [1.29, 1.82) is 0 Å². The molecule has 1 fully saturated rings. The maximum atomic E-state index is 13.0. The lowest BCUT2D eigenvalue weighted by atomic mass is 9.96. The number of benzene rings is 1. The Morgan fingerprint density at radius 3 is 2.75 bits per heavy atom. The number of nitrogens with one attached hydrogen (secondary N) is 1. The lowest BCUT2D eigenvalue weighted by molar-refractivity contribution is -0.121. The number of anilines is 1. The molecule has 1 atom stereocenters. The third-order valence-electron chi connectivity index (χ3n) is 4.53. The number of nitrogens with zero attached hydrogens (tertiary/aromatic N) is 2. The van der Waals surface area contributed by atoms with Crippen molar-refractivity contribution in [3.8, 4) is 11.5 Å². The Morgan fingerprint density at radius 1 is 1.25 bits per heavy atom. The minimum absolute atomic E-state index is 0.0888. The van der Waals surface area contributed by atoms with Crippen LogP contribution in [0.25, 0.3) is 0 Å². The molecule has 2 heterocycles. The summed E-state index contributed by atoms with van der Waals surface area (Å²) in [7, 11) is 0. The molecule has 0 spiro atoms. The van der Waals surface area contributed by atoms with Crippen molar-refractivity contribution in [2.75, 3.05) is 31.6 Å². The average molecular weight is 404 g/mol. The lowest BCUT2D eigenvalue weighted by Crippen LogP contribution is -2.43. The van der Waals surface area contributed by atoms with E-state index in [-0.39, 0.29) is 17.7 Å². The molecule has 8 heteroatoms. The number of carbonyl (C=O) groups is 2. The average Bonchev–Trinajstić information content (AvgIpc) is 3.22.